The van der Waals surface area contributed by atoms with Crippen LogP contribution in [0, 0.1) is 0 Å². The highest BCUT2D eigenvalue weighted by Crippen LogP contribution is 2.31. The summed E-state index contributed by atoms with van der Waals surface area (Å²) in [6, 6.07) is 0. The Bertz CT molecular complexity index is 226. The summed E-state index contributed by atoms with van der Waals surface area (Å²) in [6.45, 7) is 2.16. The van der Waals surface area contributed by atoms with Gasteiger partial charge in [-0.3, -0.25) is 0 Å². The van der Waals surface area contributed by atoms with Gasteiger partial charge in [-0.1, -0.05) is 12.2 Å². The van der Waals surface area contributed by atoms with Gasteiger partial charge in [-0.15, -0.1) is 0 Å². The van der Waals surface area contributed by atoms with Crippen molar-refractivity contribution in [3.8, 4) is 0 Å². The van der Waals surface area contributed by atoms with E-state index in [9.17, 15) is 0 Å². The van der Waals surface area contributed by atoms with E-state index in [4.69, 9.17) is 10.5 Å². The lowest BCUT2D eigenvalue weighted by Gasteiger charge is -2.32. The number of rotatable bonds is 2. The number of hydrogen-bond acceptors (Lipinski definition) is 2. The molecule has 0 spiro atoms. The Kier molecular flexibility index (Phi) is 2.93. The third kappa shape index (κ3) is 2.37. The van der Waals surface area contributed by atoms with E-state index in [1.165, 1.54) is 12.8 Å². The Labute approximate surface area is 86.5 Å². The van der Waals surface area contributed by atoms with Crippen molar-refractivity contribution in [2.24, 2.45) is 5.73 Å². The molecule has 2 nitrogen and oxygen atoms in total. The van der Waals surface area contributed by atoms with Gasteiger partial charge in [0.05, 0.1) is 12.2 Å². The highest BCUT2D eigenvalue weighted by Gasteiger charge is 2.32. The summed E-state index contributed by atoms with van der Waals surface area (Å²) in [7, 11) is 0. The van der Waals surface area contributed by atoms with Crippen LogP contribution in [0.2, 0.25) is 0 Å². The van der Waals surface area contributed by atoms with E-state index in [1.54, 1.807) is 0 Å². The maximum atomic E-state index is 6.35. The maximum absolute atomic E-state index is 6.35. The molecule has 1 fully saturated rings. The van der Waals surface area contributed by atoms with Crippen LogP contribution in [-0.2, 0) is 4.74 Å². The minimum atomic E-state index is 0.0173. The topological polar surface area (TPSA) is 35.2 Å². The molecule has 0 aromatic heterocycles. The monoisotopic (exact) mass is 195 g/mol. The fraction of sp³-hybridized carbons (Fsp3) is 0.833. The van der Waals surface area contributed by atoms with Crippen molar-refractivity contribution in [3.63, 3.8) is 0 Å². The summed E-state index contributed by atoms with van der Waals surface area (Å²) in [4.78, 5) is 0. The van der Waals surface area contributed by atoms with Gasteiger partial charge in [0.25, 0.3) is 0 Å². The van der Waals surface area contributed by atoms with Crippen molar-refractivity contribution < 1.29 is 4.74 Å². The summed E-state index contributed by atoms with van der Waals surface area (Å²) < 4.78 is 5.83. The van der Waals surface area contributed by atoms with Crippen molar-refractivity contribution in [3.05, 3.63) is 12.2 Å². The van der Waals surface area contributed by atoms with Crippen molar-refractivity contribution in [1.29, 1.82) is 0 Å². The van der Waals surface area contributed by atoms with Crippen LogP contribution in [0.15, 0.2) is 12.2 Å². The molecule has 80 valence electrons. The van der Waals surface area contributed by atoms with Gasteiger partial charge in [0.15, 0.2) is 0 Å². The molecule has 0 amide bonds. The molecule has 0 aromatic carbocycles. The highest BCUT2D eigenvalue weighted by atomic mass is 16.5. The van der Waals surface area contributed by atoms with Crippen molar-refractivity contribution in [2.45, 2.75) is 63.2 Å². The van der Waals surface area contributed by atoms with Gasteiger partial charge in [0.2, 0.25) is 0 Å². The zero-order valence-electron chi connectivity index (χ0n) is 9.04. The molecular weight excluding hydrogens is 174 g/mol. The third-order valence-electron chi connectivity index (χ3n) is 3.45. The van der Waals surface area contributed by atoms with E-state index in [0.29, 0.717) is 12.2 Å². The Morgan fingerprint density at radius 2 is 2.29 bits per heavy atom. The molecule has 14 heavy (non-hydrogen) atoms. The van der Waals surface area contributed by atoms with E-state index >= 15 is 0 Å². The second-order valence-corrected chi connectivity index (χ2v) is 4.93. The zero-order valence-corrected chi connectivity index (χ0v) is 9.04. The van der Waals surface area contributed by atoms with E-state index < -0.39 is 0 Å². The molecule has 0 saturated carbocycles. The molecule has 2 heteroatoms. The lowest BCUT2D eigenvalue weighted by Crippen LogP contribution is -2.43. The first-order valence-corrected chi connectivity index (χ1v) is 5.77. The van der Waals surface area contributed by atoms with Crippen LogP contribution in [0.4, 0.5) is 0 Å². The zero-order chi connectivity index (χ0) is 10.0. The molecule has 3 unspecified atom stereocenters. The molecule has 3 atom stereocenters. The summed E-state index contributed by atoms with van der Waals surface area (Å²) in [6.07, 6.45) is 12.1. The van der Waals surface area contributed by atoms with Crippen LogP contribution >= 0.6 is 0 Å². The smallest absolute Gasteiger partial charge is 0.0597 e. The largest absolute Gasteiger partial charge is 0.375 e. The lowest BCUT2D eigenvalue weighted by molar-refractivity contribution is 0.0353. The van der Waals surface area contributed by atoms with Gasteiger partial charge in [-0.05, 0) is 45.4 Å². The van der Waals surface area contributed by atoms with Gasteiger partial charge in [0.1, 0.15) is 0 Å². The van der Waals surface area contributed by atoms with E-state index in [1.807, 2.05) is 0 Å². The van der Waals surface area contributed by atoms with Gasteiger partial charge in [-0.2, -0.15) is 0 Å². The predicted molar refractivity (Wildman–Crippen MR) is 58.1 cm³/mol. The van der Waals surface area contributed by atoms with Gasteiger partial charge < -0.3 is 10.5 Å². The third-order valence-corrected chi connectivity index (χ3v) is 3.45. The quantitative estimate of drug-likeness (QED) is 0.687. The van der Waals surface area contributed by atoms with Crippen LogP contribution in [0.3, 0.4) is 0 Å². The van der Waals surface area contributed by atoms with Gasteiger partial charge in [-0.25, -0.2) is 0 Å². The fourth-order valence-corrected chi connectivity index (χ4v) is 2.58. The average Bonchev–Trinajstić information content (AvgIpc) is 2.51. The molecule has 1 saturated heterocycles. The van der Waals surface area contributed by atoms with E-state index in [-0.39, 0.29) is 5.54 Å². The summed E-state index contributed by atoms with van der Waals surface area (Å²) in [5.41, 5.74) is 6.37. The van der Waals surface area contributed by atoms with Crippen LogP contribution in [0.25, 0.3) is 0 Å². The second-order valence-electron chi connectivity index (χ2n) is 4.93. The molecule has 0 aromatic rings. The Balaban J connectivity index is 1.86. The first-order valence-electron chi connectivity index (χ1n) is 5.77. The first-order chi connectivity index (χ1) is 6.68. The van der Waals surface area contributed by atoms with Crippen LogP contribution in [-0.4, -0.2) is 17.7 Å². The molecule has 1 aliphatic heterocycles. The van der Waals surface area contributed by atoms with E-state index in [0.717, 1.165) is 25.7 Å². The molecule has 2 N–H and O–H groups in total. The summed E-state index contributed by atoms with van der Waals surface area (Å²) in [5.74, 6) is 0. The lowest BCUT2D eigenvalue weighted by atomic mass is 9.81. The number of allylic oxidation sites excluding steroid dienone is 1. The number of hydrogen-bond donors (Lipinski definition) is 1. The Morgan fingerprint density at radius 1 is 1.43 bits per heavy atom. The molecule has 1 heterocycles. The molecule has 1 aliphatic carbocycles. The molecule has 2 rings (SSSR count). The summed E-state index contributed by atoms with van der Waals surface area (Å²) >= 11 is 0. The van der Waals surface area contributed by atoms with Crippen molar-refractivity contribution in [1.82, 2.24) is 0 Å². The Hall–Kier alpha value is -0.340. The number of ether oxygens (including phenoxy) is 1. The maximum Gasteiger partial charge on any atom is 0.0597 e. The molecular formula is C12H21NO. The van der Waals surface area contributed by atoms with Gasteiger partial charge in [0, 0.05) is 5.54 Å². The molecule has 2 aliphatic rings. The molecule has 0 radical (unpaired) electrons. The van der Waals surface area contributed by atoms with Crippen molar-refractivity contribution >= 4 is 0 Å². The standard InChI is InChI=1S/C12H21NO/c1-10-5-6-11(14-10)9-12(13)7-3-2-4-8-12/h2-3,10-11H,4-9,13H2,1H3. The highest BCUT2D eigenvalue weighted by molar-refractivity contribution is 5.02. The average molecular weight is 195 g/mol. The fourth-order valence-electron chi connectivity index (χ4n) is 2.58. The van der Waals surface area contributed by atoms with E-state index in [2.05, 4.69) is 19.1 Å². The Morgan fingerprint density at radius 3 is 2.86 bits per heavy atom. The minimum absolute atomic E-state index is 0.0173. The molecule has 0 bridgehead atoms. The second kappa shape index (κ2) is 4.03. The first kappa shape index (κ1) is 10.2. The van der Waals surface area contributed by atoms with Crippen LogP contribution < -0.4 is 5.73 Å². The number of nitrogens with two attached hydrogens (primary N) is 1. The minimum Gasteiger partial charge on any atom is -0.375 e. The van der Waals surface area contributed by atoms with Gasteiger partial charge >= 0.3 is 0 Å². The normalized spacial score (nSPS) is 43.0. The van der Waals surface area contributed by atoms with Crippen LogP contribution in [0.5, 0.6) is 0 Å². The SMILES string of the molecule is CC1CCC(CC2(N)CC=CCC2)O1. The van der Waals surface area contributed by atoms with Crippen molar-refractivity contribution in [2.75, 3.05) is 0 Å². The predicted octanol–water partition coefficient (Wildman–Crippen LogP) is 2.38. The van der Waals surface area contributed by atoms with Crippen LogP contribution in [0.1, 0.15) is 45.4 Å². The summed E-state index contributed by atoms with van der Waals surface area (Å²) in [5, 5.41) is 0.